The first-order valence-corrected chi connectivity index (χ1v) is 6.50. The van der Waals surface area contributed by atoms with Gasteiger partial charge in [-0.15, -0.1) is 0 Å². The average molecular weight is 245 g/mol. The molecule has 2 unspecified atom stereocenters. The van der Waals surface area contributed by atoms with E-state index in [0.29, 0.717) is 0 Å². The number of carboxylic acid groups (broad SMARTS) is 1. The molecule has 0 aliphatic carbocycles. The van der Waals surface area contributed by atoms with Crippen LogP contribution in [0.15, 0.2) is 0 Å². The van der Waals surface area contributed by atoms with Crippen molar-refractivity contribution in [2.75, 3.05) is 13.7 Å². The number of carbonyl (C=O) groups is 1. The van der Waals surface area contributed by atoms with Crippen LogP contribution in [0.5, 0.6) is 0 Å². The van der Waals surface area contributed by atoms with Crippen molar-refractivity contribution in [3.8, 4) is 0 Å². The van der Waals surface area contributed by atoms with E-state index in [1.54, 1.807) is 14.0 Å². The summed E-state index contributed by atoms with van der Waals surface area (Å²) in [7, 11) is 1.64. The Kier molecular flexibility index (Phi) is 8.17. The van der Waals surface area contributed by atoms with Gasteiger partial charge in [0.15, 0.2) is 0 Å². The molecule has 0 aliphatic rings. The fourth-order valence-electron chi connectivity index (χ4n) is 1.49. The first-order chi connectivity index (χ1) is 7.96. The Morgan fingerprint density at radius 3 is 2.53 bits per heavy atom. The van der Waals surface area contributed by atoms with Gasteiger partial charge in [-0.05, 0) is 27.3 Å². The van der Waals surface area contributed by atoms with Gasteiger partial charge < -0.3 is 15.2 Å². The highest BCUT2D eigenvalue weighted by Crippen LogP contribution is 2.11. The first-order valence-electron chi connectivity index (χ1n) is 6.50. The van der Waals surface area contributed by atoms with E-state index >= 15 is 0 Å². The number of nitrogens with one attached hydrogen (secondary N) is 1. The molecule has 0 aromatic carbocycles. The van der Waals surface area contributed by atoms with E-state index < -0.39 is 11.5 Å². The zero-order valence-electron chi connectivity index (χ0n) is 11.6. The Bertz CT molecular complexity index is 221. The number of unbranched alkanes of at least 4 members (excludes halogenated alkanes) is 3. The lowest BCUT2D eigenvalue weighted by Crippen LogP contribution is -2.51. The average Bonchev–Trinajstić information content (AvgIpc) is 2.31. The van der Waals surface area contributed by atoms with E-state index in [1.165, 1.54) is 19.3 Å². The molecular formula is C13H27NO3. The van der Waals surface area contributed by atoms with Gasteiger partial charge in [0.25, 0.3) is 0 Å². The second-order valence-corrected chi connectivity index (χ2v) is 4.86. The fraction of sp³-hybridized carbons (Fsp3) is 0.923. The molecular weight excluding hydrogens is 218 g/mol. The fourth-order valence-corrected chi connectivity index (χ4v) is 1.49. The molecule has 2 N–H and O–H groups in total. The van der Waals surface area contributed by atoms with Crippen LogP contribution in [0.25, 0.3) is 0 Å². The summed E-state index contributed by atoms with van der Waals surface area (Å²) in [4.78, 5) is 11.0. The summed E-state index contributed by atoms with van der Waals surface area (Å²) in [5.41, 5.74) is -0.988. The van der Waals surface area contributed by atoms with Gasteiger partial charge in [0.05, 0.1) is 12.7 Å². The lowest BCUT2D eigenvalue weighted by Gasteiger charge is -2.26. The first kappa shape index (κ1) is 16.4. The third-order valence-electron chi connectivity index (χ3n) is 3.14. The van der Waals surface area contributed by atoms with Crippen LogP contribution in [0.2, 0.25) is 0 Å². The van der Waals surface area contributed by atoms with Gasteiger partial charge in [0, 0.05) is 0 Å². The molecule has 4 nitrogen and oxygen atoms in total. The van der Waals surface area contributed by atoms with Crippen LogP contribution in [0.3, 0.4) is 0 Å². The second kappa shape index (κ2) is 8.48. The van der Waals surface area contributed by atoms with E-state index in [4.69, 9.17) is 9.84 Å². The monoisotopic (exact) mass is 245 g/mol. The van der Waals surface area contributed by atoms with Crippen LogP contribution in [0.4, 0.5) is 0 Å². The Labute approximate surface area is 105 Å². The normalized spacial score (nSPS) is 16.5. The molecule has 0 heterocycles. The Morgan fingerprint density at radius 1 is 1.41 bits per heavy atom. The minimum atomic E-state index is -0.988. The predicted octanol–water partition coefficient (Wildman–Crippen LogP) is 2.42. The Balaban J connectivity index is 3.81. The highest BCUT2D eigenvalue weighted by Gasteiger charge is 2.31. The van der Waals surface area contributed by atoms with E-state index in [9.17, 15) is 4.79 Å². The quantitative estimate of drug-likeness (QED) is 0.580. The van der Waals surface area contributed by atoms with Crippen LogP contribution in [0, 0.1) is 0 Å². The molecule has 0 spiro atoms. The van der Waals surface area contributed by atoms with Gasteiger partial charge in [-0.25, -0.2) is 0 Å². The van der Waals surface area contributed by atoms with Gasteiger partial charge in [-0.2, -0.15) is 0 Å². The number of aliphatic carboxylic acids is 1. The minimum Gasteiger partial charge on any atom is -0.480 e. The number of likely N-dealkylation sites (N-methyl/N-ethyl adjacent to an activating group) is 1. The van der Waals surface area contributed by atoms with Crippen molar-refractivity contribution in [2.45, 2.75) is 64.5 Å². The highest BCUT2D eigenvalue weighted by molar-refractivity contribution is 5.78. The van der Waals surface area contributed by atoms with Crippen molar-refractivity contribution in [1.82, 2.24) is 5.32 Å². The van der Waals surface area contributed by atoms with Gasteiger partial charge in [0.1, 0.15) is 5.54 Å². The molecule has 0 aliphatic heterocycles. The van der Waals surface area contributed by atoms with Gasteiger partial charge in [-0.1, -0.05) is 32.6 Å². The van der Waals surface area contributed by atoms with Gasteiger partial charge >= 0.3 is 5.97 Å². The molecule has 2 atom stereocenters. The smallest absolute Gasteiger partial charge is 0.326 e. The summed E-state index contributed by atoms with van der Waals surface area (Å²) in [6.07, 6.45) is 5.99. The summed E-state index contributed by atoms with van der Waals surface area (Å²) < 4.78 is 5.60. The van der Waals surface area contributed by atoms with Gasteiger partial charge in [0.2, 0.25) is 0 Å². The minimum absolute atomic E-state index is 0.124. The molecule has 0 radical (unpaired) electrons. The number of ether oxygens (including phenoxy) is 1. The van der Waals surface area contributed by atoms with Gasteiger partial charge in [-0.3, -0.25) is 4.79 Å². The van der Waals surface area contributed by atoms with E-state index in [1.807, 2.05) is 6.92 Å². The van der Waals surface area contributed by atoms with Crippen molar-refractivity contribution < 1.29 is 14.6 Å². The number of carboxylic acids is 1. The Hall–Kier alpha value is -0.610. The highest BCUT2D eigenvalue weighted by atomic mass is 16.5. The second-order valence-electron chi connectivity index (χ2n) is 4.86. The molecule has 0 saturated carbocycles. The van der Waals surface area contributed by atoms with Crippen molar-refractivity contribution in [1.29, 1.82) is 0 Å². The molecule has 17 heavy (non-hydrogen) atoms. The number of hydrogen-bond acceptors (Lipinski definition) is 3. The van der Waals surface area contributed by atoms with E-state index in [2.05, 4.69) is 12.2 Å². The summed E-state index contributed by atoms with van der Waals surface area (Å²) in [6.45, 7) is 6.03. The lowest BCUT2D eigenvalue weighted by atomic mass is 10.0. The van der Waals surface area contributed by atoms with Crippen LogP contribution < -0.4 is 5.32 Å². The maximum absolute atomic E-state index is 11.0. The number of rotatable bonds is 10. The molecule has 0 rings (SSSR count). The molecule has 102 valence electrons. The molecule has 0 fully saturated rings. The largest absolute Gasteiger partial charge is 0.480 e. The summed E-state index contributed by atoms with van der Waals surface area (Å²) in [5.74, 6) is -0.877. The molecule has 0 aromatic rings. The Morgan fingerprint density at radius 2 is 2.06 bits per heavy atom. The van der Waals surface area contributed by atoms with Crippen molar-refractivity contribution >= 4 is 5.97 Å². The third kappa shape index (κ3) is 6.64. The van der Waals surface area contributed by atoms with E-state index in [-0.39, 0.29) is 12.7 Å². The maximum atomic E-state index is 11.0. The summed E-state index contributed by atoms with van der Waals surface area (Å²) in [5, 5.41) is 11.8. The van der Waals surface area contributed by atoms with Crippen molar-refractivity contribution in [3.63, 3.8) is 0 Å². The van der Waals surface area contributed by atoms with Crippen molar-refractivity contribution in [3.05, 3.63) is 0 Å². The maximum Gasteiger partial charge on any atom is 0.326 e. The van der Waals surface area contributed by atoms with Crippen LogP contribution in [0.1, 0.15) is 52.9 Å². The number of hydrogen-bond donors (Lipinski definition) is 2. The standard InChI is InChI=1S/C13H27NO3/c1-5-6-7-8-9-11(2)17-10-13(3,14-4)12(15)16/h11,14H,5-10H2,1-4H3,(H,15,16). The molecule has 4 heteroatoms. The molecule has 0 aromatic heterocycles. The summed E-state index contributed by atoms with van der Waals surface area (Å²) in [6, 6.07) is 0. The SMILES string of the molecule is CCCCCCC(C)OCC(C)(NC)C(=O)O. The van der Waals surface area contributed by atoms with E-state index in [0.717, 1.165) is 12.8 Å². The molecule has 0 amide bonds. The lowest BCUT2D eigenvalue weighted by molar-refractivity contribution is -0.147. The molecule has 0 saturated heterocycles. The summed E-state index contributed by atoms with van der Waals surface area (Å²) >= 11 is 0. The van der Waals surface area contributed by atoms with Crippen molar-refractivity contribution in [2.24, 2.45) is 0 Å². The van der Waals surface area contributed by atoms with Crippen LogP contribution in [-0.2, 0) is 9.53 Å². The van der Waals surface area contributed by atoms with Crippen LogP contribution >= 0.6 is 0 Å². The molecule has 0 bridgehead atoms. The van der Waals surface area contributed by atoms with Crippen LogP contribution in [-0.4, -0.2) is 36.4 Å². The zero-order chi connectivity index (χ0) is 13.3. The topological polar surface area (TPSA) is 58.6 Å². The predicted molar refractivity (Wildman–Crippen MR) is 69.3 cm³/mol. The zero-order valence-corrected chi connectivity index (χ0v) is 11.6. The third-order valence-corrected chi connectivity index (χ3v) is 3.14.